The number of morpholine rings is 1. The summed E-state index contributed by atoms with van der Waals surface area (Å²) in [5, 5.41) is 4.54. The van der Waals surface area contributed by atoms with Crippen molar-refractivity contribution < 1.29 is 9.53 Å². The normalized spacial score (nSPS) is 19.2. The number of ether oxygens (including phenoxy) is 1. The second-order valence-corrected chi connectivity index (χ2v) is 9.78. The number of carbonyl (C=O) groups excluding carboxylic acids is 1. The summed E-state index contributed by atoms with van der Waals surface area (Å²) < 4.78 is 7.20. The molecule has 6 rings (SSSR count). The van der Waals surface area contributed by atoms with Gasteiger partial charge in [0.05, 0.1) is 36.4 Å². The molecule has 8 heteroatoms. The SMILES string of the molecule is Cc1c(C(=O)N2CCC(N3CCOCC3)CC2)cnn1-c1ncc2c(n1)-c1ccccc1CCC2. The zero-order valence-corrected chi connectivity index (χ0v) is 20.3. The van der Waals surface area contributed by atoms with E-state index in [9.17, 15) is 4.79 Å². The van der Waals surface area contributed by atoms with Crippen molar-refractivity contribution in [3.63, 3.8) is 0 Å². The molecule has 0 bridgehead atoms. The first-order valence-electron chi connectivity index (χ1n) is 12.8. The summed E-state index contributed by atoms with van der Waals surface area (Å²) in [6, 6.07) is 9.02. The van der Waals surface area contributed by atoms with Crippen molar-refractivity contribution in [1.82, 2.24) is 29.5 Å². The van der Waals surface area contributed by atoms with E-state index < -0.39 is 0 Å². The molecular formula is C27H32N6O2. The first-order valence-corrected chi connectivity index (χ1v) is 12.8. The third kappa shape index (κ3) is 4.25. The molecule has 1 aliphatic carbocycles. The molecular weight excluding hydrogens is 440 g/mol. The largest absolute Gasteiger partial charge is 0.379 e. The second kappa shape index (κ2) is 9.51. The van der Waals surface area contributed by atoms with Gasteiger partial charge in [0.2, 0.25) is 0 Å². The zero-order chi connectivity index (χ0) is 23.8. The van der Waals surface area contributed by atoms with Gasteiger partial charge in [-0.3, -0.25) is 9.69 Å². The van der Waals surface area contributed by atoms with E-state index in [1.807, 2.05) is 18.0 Å². The Morgan fingerprint density at radius 1 is 1.00 bits per heavy atom. The van der Waals surface area contributed by atoms with E-state index in [4.69, 9.17) is 9.72 Å². The van der Waals surface area contributed by atoms with Crippen LogP contribution in [0.25, 0.3) is 17.2 Å². The topological polar surface area (TPSA) is 76.4 Å². The summed E-state index contributed by atoms with van der Waals surface area (Å²) in [5.74, 6) is 0.567. The molecule has 0 unspecified atom stereocenters. The summed E-state index contributed by atoms with van der Waals surface area (Å²) >= 11 is 0. The van der Waals surface area contributed by atoms with Crippen LogP contribution < -0.4 is 0 Å². The highest BCUT2D eigenvalue weighted by atomic mass is 16.5. The number of likely N-dealkylation sites (tertiary alicyclic amines) is 1. The smallest absolute Gasteiger partial charge is 0.257 e. The minimum atomic E-state index is 0.0503. The molecule has 0 saturated carbocycles. The third-order valence-corrected chi connectivity index (χ3v) is 7.76. The molecule has 0 atom stereocenters. The van der Waals surface area contributed by atoms with Crippen LogP contribution in [0.4, 0.5) is 0 Å². The number of piperidine rings is 1. The molecule has 2 saturated heterocycles. The van der Waals surface area contributed by atoms with Crippen LogP contribution in [0.3, 0.4) is 0 Å². The highest BCUT2D eigenvalue weighted by Gasteiger charge is 2.30. The Balaban J connectivity index is 1.22. The van der Waals surface area contributed by atoms with Gasteiger partial charge in [-0.05, 0) is 50.2 Å². The van der Waals surface area contributed by atoms with Gasteiger partial charge in [0.25, 0.3) is 11.9 Å². The summed E-state index contributed by atoms with van der Waals surface area (Å²) in [7, 11) is 0. The molecule has 0 radical (unpaired) electrons. The van der Waals surface area contributed by atoms with E-state index in [2.05, 4.69) is 39.2 Å². The maximum absolute atomic E-state index is 13.4. The van der Waals surface area contributed by atoms with Gasteiger partial charge in [0, 0.05) is 44.0 Å². The van der Waals surface area contributed by atoms with Crippen LogP contribution in [0, 0.1) is 6.92 Å². The lowest BCUT2D eigenvalue weighted by Crippen LogP contribution is -2.50. The van der Waals surface area contributed by atoms with E-state index >= 15 is 0 Å². The Kier molecular flexibility index (Phi) is 6.08. The van der Waals surface area contributed by atoms with Crippen LogP contribution >= 0.6 is 0 Å². The molecule has 8 nitrogen and oxygen atoms in total. The number of benzene rings is 1. The van der Waals surface area contributed by atoms with Crippen LogP contribution in [-0.2, 0) is 17.6 Å². The monoisotopic (exact) mass is 472 g/mol. The third-order valence-electron chi connectivity index (χ3n) is 7.76. The lowest BCUT2D eigenvalue weighted by molar-refractivity contribution is 0.00158. The fraction of sp³-hybridized carbons (Fsp3) is 0.481. The second-order valence-electron chi connectivity index (χ2n) is 9.78. The first-order chi connectivity index (χ1) is 17.2. The molecule has 182 valence electrons. The van der Waals surface area contributed by atoms with Gasteiger partial charge in [-0.15, -0.1) is 0 Å². The number of nitrogens with zero attached hydrogens (tertiary/aromatic N) is 6. The van der Waals surface area contributed by atoms with Gasteiger partial charge >= 0.3 is 0 Å². The van der Waals surface area contributed by atoms with Crippen LogP contribution in [0.5, 0.6) is 0 Å². The van der Waals surface area contributed by atoms with Crippen molar-refractivity contribution in [3.8, 4) is 17.2 Å². The molecule has 3 aromatic rings. The first kappa shape index (κ1) is 22.4. The molecule has 2 fully saturated rings. The Morgan fingerprint density at radius 2 is 1.77 bits per heavy atom. The van der Waals surface area contributed by atoms with Crippen molar-refractivity contribution in [2.75, 3.05) is 39.4 Å². The van der Waals surface area contributed by atoms with Crippen molar-refractivity contribution in [3.05, 3.63) is 59.0 Å². The lowest BCUT2D eigenvalue weighted by Gasteiger charge is -2.40. The zero-order valence-electron chi connectivity index (χ0n) is 20.3. The molecule has 1 aromatic carbocycles. The van der Waals surface area contributed by atoms with Crippen molar-refractivity contribution in [2.45, 2.75) is 45.1 Å². The van der Waals surface area contributed by atoms with Gasteiger partial charge < -0.3 is 9.64 Å². The minimum Gasteiger partial charge on any atom is -0.379 e. The van der Waals surface area contributed by atoms with Crippen LogP contribution in [0.2, 0.25) is 0 Å². The maximum atomic E-state index is 13.4. The minimum absolute atomic E-state index is 0.0503. The Hall–Kier alpha value is -3.10. The number of hydrogen-bond acceptors (Lipinski definition) is 6. The Bertz CT molecular complexity index is 1220. The van der Waals surface area contributed by atoms with Gasteiger partial charge in [0.1, 0.15) is 0 Å². The molecule has 3 aliphatic rings. The quantitative estimate of drug-likeness (QED) is 0.583. The number of aromatic nitrogens is 4. The predicted octanol–water partition coefficient (Wildman–Crippen LogP) is 3.06. The van der Waals surface area contributed by atoms with E-state index in [0.29, 0.717) is 17.6 Å². The van der Waals surface area contributed by atoms with Gasteiger partial charge in [-0.2, -0.15) is 5.10 Å². The van der Waals surface area contributed by atoms with Crippen molar-refractivity contribution >= 4 is 5.91 Å². The molecule has 4 heterocycles. The highest BCUT2D eigenvalue weighted by Crippen LogP contribution is 2.31. The number of amides is 1. The molecule has 2 aromatic heterocycles. The number of carbonyl (C=O) groups is 1. The Morgan fingerprint density at radius 3 is 2.60 bits per heavy atom. The number of aryl methyl sites for hydroxylation is 2. The van der Waals surface area contributed by atoms with Gasteiger partial charge in [-0.25, -0.2) is 14.6 Å². The number of hydrogen-bond donors (Lipinski definition) is 0. The standard InChI is InChI=1S/C27H32N6O2/c1-19-24(26(34)32-11-9-22(10-12-32)31-13-15-35-16-14-31)18-29-33(19)27-28-17-21-7-4-6-20-5-2-3-8-23(20)25(21)30-27/h2-3,5,8,17-18,22H,4,6-7,9-16H2,1H3. The molecule has 0 spiro atoms. The van der Waals surface area contributed by atoms with E-state index in [0.717, 1.165) is 82.9 Å². The highest BCUT2D eigenvalue weighted by molar-refractivity contribution is 5.95. The average Bonchev–Trinajstić information content (AvgIpc) is 3.20. The van der Waals surface area contributed by atoms with Gasteiger partial charge in [-0.1, -0.05) is 24.3 Å². The van der Waals surface area contributed by atoms with Crippen molar-refractivity contribution in [1.29, 1.82) is 0 Å². The van der Waals surface area contributed by atoms with Crippen LogP contribution in [0.15, 0.2) is 36.7 Å². The number of rotatable bonds is 3. The average molecular weight is 473 g/mol. The molecule has 1 amide bonds. The maximum Gasteiger partial charge on any atom is 0.257 e. The van der Waals surface area contributed by atoms with E-state index in [1.165, 1.54) is 16.7 Å². The fourth-order valence-corrected chi connectivity index (χ4v) is 5.72. The lowest BCUT2D eigenvalue weighted by atomic mass is 10.0. The summed E-state index contributed by atoms with van der Waals surface area (Å²) in [5.41, 5.74) is 6.07. The van der Waals surface area contributed by atoms with E-state index in [-0.39, 0.29) is 5.91 Å². The summed E-state index contributed by atoms with van der Waals surface area (Å²) in [6.45, 7) is 7.10. The number of fused-ring (bicyclic) bond motifs is 3. The van der Waals surface area contributed by atoms with Gasteiger partial charge in [0.15, 0.2) is 0 Å². The van der Waals surface area contributed by atoms with Crippen LogP contribution in [0.1, 0.15) is 46.4 Å². The summed E-state index contributed by atoms with van der Waals surface area (Å²) in [4.78, 5) is 27.5. The molecule has 0 N–H and O–H groups in total. The Labute approximate surface area is 205 Å². The van der Waals surface area contributed by atoms with Crippen molar-refractivity contribution in [2.24, 2.45) is 0 Å². The molecule has 2 aliphatic heterocycles. The van der Waals surface area contributed by atoms with Crippen LogP contribution in [-0.4, -0.2) is 80.9 Å². The fourth-order valence-electron chi connectivity index (χ4n) is 5.72. The summed E-state index contributed by atoms with van der Waals surface area (Å²) in [6.07, 6.45) is 8.72. The van der Waals surface area contributed by atoms with E-state index in [1.54, 1.807) is 10.9 Å². The molecule has 35 heavy (non-hydrogen) atoms. The predicted molar refractivity (Wildman–Crippen MR) is 133 cm³/mol.